The molecule has 1 aromatic heterocycles. The number of hydrogen-bond acceptors (Lipinski definition) is 4. The van der Waals surface area contributed by atoms with Gasteiger partial charge in [0.25, 0.3) is 0 Å². The molecule has 142 valence electrons. The molecule has 1 saturated carbocycles. The average molecular weight is 376 g/mol. The molecule has 1 aliphatic rings. The Morgan fingerprint density at radius 2 is 1.86 bits per heavy atom. The van der Waals surface area contributed by atoms with Crippen LogP contribution in [0.5, 0.6) is 11.6 Å². The summed E-state index contributed by atoms with van der Waals surface area (Å²) in [5.41, 5.74) is 2.33. The zero-order chi connectivity index (χ0) is 19.7. The van der Waals surface area contributed by atoms with Crippen LogP contribution in [0.25, 0.3) is 10.9 Å². The Bertz CT molecular complexity index is 1040. The number of carbonyl (C=O) groups is 2. The molecule has 1 heterocycles. The third kappa shape index (κ3) is 3.96. The molecular formula is C22H20N2O4. The largest absolute Gasteiger partial charge is 0.465 e. The SMILES string of the molecule is CC(=O)c1ccc2nc(Oc3ccc(C(NC(=O)O)C4CC4)cc3)ccc2c1. The van der Waals surface area contributed by atoms with Crippen molar-refractivity contribution in [2.45, 2.75) is 25.8 Å². The van der Waals surface area contributed by atoms with Crippen molar-refractivity contribution in [2.24, 2.45) is 5.92 Å². The van der Waals surface area contributed by atoms with Crippen LogP contribution in [0.1, 0.15) is 41.7 Å². The van der Waals surface area contributed by atoms with Crippen LogP contribution in [0, 0.1) is 5.92 Å². The molecule has 4 rings (SSSR count). The highest BCUT2D eigenvalue weighted by Crippen LogP contribution is 2.41. The lowest BCUT2D eigenvalue weighted by molar-refractivity contribution is 0.101. The van der Waals surface area contributed by atoms with Crippen molar-refractivity contribution in [1.82, 2.24) is 10.3 Å². The lowest BCUT2D eigenvalue weighted by Gasteiger charge is -2.17. The maximum Gasteiger partial charge on any atom is 0.405 e. The van der Waals surface area contributed by atoms with Crippen LogP contribution in [0.15, 0.2) is 54.6 Å². The highest BCUT2D eigenvalue weighted by atomic mass is 16.5. The van der Waals surface area contributed by atoms with Gasteiger partial charge in [-0.05, 0) is 67.6 Å². The first-order chi connectivity index (χ1) is 13.5. The number of nitrogens with zero attached hydrogens (tertiary/aromatic N) is 1. The Labute approximate surface area is 162 Å². The van der Waals surface area contributed by atoms with Gasteiger partial charge in [0.05, 0.1) is 11.6 Å². The molecular weight excluding hydrogens is 356 g/mol. The van der Waals surface area contributed by atoms with E-state index in [0.717, 1.165) is 29.3 Å². The molecule has 6 nitrogen and oxygen atoms in total. The van der Waals surface area contributed by atoms with Gasteiger partial charge >= 0.3 is 6.09 Å². The Balaban J connectivity index is 1.51. The first-order valence-corrected chi connectivity index (χ1v) is 9.18. The number of benzene rings is 2. The standard InChI is InChI=1S/C22H20N2O4/c1-13(25)16-6-10-19-17(12-16)7-11-20(23-19)28-18-8-4-15(5-9-18)21(14-2-3-14)24-22(26)27/h4-12,14,21,24H,2-3H2,1H3,(H,26,27). The second-order valence-corrected chi connectivity index (χ2v) is 7.05. The van der Waals surface area contributed by atoms with Crippen molar-refractivity contribution < 1.29 is 19.4 Å². The van der Waals surface area contributed by atoms with Gasteiger partial charge in [-0.1, -0.05) is 12.1 Å². The van der Waals surface area contributed by atoms with Gasteiger partial charge in [0.15, 0.2) is 5.78 Å². The molecule has 3 aromatic rings. The van der Waals surface area contributed by atoms with Crippen LogP contribution in [0.2, 0.25) is 0 Å². The number of nitrogens with one attached hydrogen (secondary N) is 1. The van der Waals surface area contributed by atoms with Crippen LogP contribution in [-0.4, -0.2) is 22.0 Å². The van der Waals surface area contributed by atoms with Gasteiger partial charge < -0.3 is 15.2 Å². The zero-order valence-corrected chi connectivity index (χ0v) is 15.4. The predicted octanol–water partition coefficient (Wildman–Crippen LogP) is 4.95. The van der Waals surface area contributed by atoms with E-state index in [4.69, 9.17) is 9.84 Å². The smallest absolute Gasteiger partial charge is 0.405 e. The number of pyridine rings is 1. The van der Waals surface area contributed by atoms with Gasteiger partial charge in [0.2, 0.25) is 5.88 Å². The molecule has 2 aromatic carbocycles. The van der Waals surface area contributed by atoms with E-state index in [1.807, 2.05) is 36.4 Å². The first-order valence-electron chi connectivity index (χ1n) is 9.18. The minimum Gasteiger partial charge on any atom is -0.465 e. The quantitative estimate of drug-likeness (QED) is 0.594. The molecule has 1 unspecified atom stereocenters. The molecule has 6 heteroatoms. The van der Waals surface area contributed by atoms with Crippen molar-refractivity contribution in [1.29, 1.82) is 0 Å². The summed E-state index contributed by atoms with van der Waals surface area (Å²) in [7, 11) is 0. The third-order valence-electron chi connectivity index (χ3n) is 4.90. The Morgan fingerprint density at radius 1 is 1.11 bits per heavy atom. The number of fused-ring (bicyclic) bond motifs is 1. The Hall–Kier alpha value is -3.41. The van der Waals surface area contributed by atoms with Crippen molar-refractivity contribution in [3.05, 3.63) is 65.7 Å². The molecule has 0 saturated heterocycles. The fraction of sp³-hybridized carbons (Fsp3) is 0.227. The van der Waals surface area contributed by atoms with Gasteiger partial charge in [-0.2, -0.15) is 0 Å². The first kappa shape index (κ1) is 18.0. The van der Waals surface area contributed by atoms with Gasteiger partial charge in [-0.15, -0.1) is 0 Å². The number of rotatable bonds is 6. The number of hydrogen-bond donors (Lipinski definition) is 2. The third-order valence-corrected chi connectivity index (χ3v) is 4.90. The fourth-order valence-corrected chi connectivity index (χ4v) is 3.28. The van der Waals surface area contributed by atoms with Gasteiger partial charge in [-0.3, -0.25) is 4.79 Å². The van der Waals surface area contributed by atoms with Gasteiger partial charge in [0.1, 0.15) is 5.75 Å². The van der Waals surface area contributed by atoms with E-state index in [9.17, 15) is 9.59 Å². The molecule has 28 heavy (non-hydrogen) atoms. The van der Waals surface area contributed by atoms with Crippen LogP contribution >= 0.6 is 0 Å². The summed E-state index contributed by atoms with van der Waals surface area (Å²) in [5, 5.41) is 12.5. The number of ketones is 1. The molecule has 0 aliphatic heterocycles. The second-order valence-electron chi connectivity index (χ2n) is 7.05. The topological polar surface area (TPSA) is 88.5 Å². The van der Waals surface area contributed by atoms with Crippen molar-refractivity contribution in [3.63, 3.8) is 0 Å². The minimum absolute atomic E-state index is 0.0178. The highest BCUT2D eigenvalue weighted by molar-refractivity contribution is 5.97. The number of ether oxygens (including phenoxy) is 1. The fourth-order valence-electron chi connectivity index (χ4n) is 3.28. The number of carbonyl (C=O) groups excluding carboxylic acids is 1. The molecule has 1 amide bonds. The summed E-state index contributed by atoms with van der Waals surface area (Å²) in [6, 6.07) is 16.2. The molecule has 1 aliphatic carbocycles. The summed E-state index contributed by atoms with van der Waals surface area (Å²) in [6.45, 7) is 1.54. The molecule has 2 N–H and O–H groups in total. The van der Waals surface area contributed by atoms with Crippen molar-refractivity contribution in [3.8, 4) is 11.6 Å². The van der Waals surface area contributed by atoms with Gasteiger partial charge in [-0.25, -0.2) is 9.78 Å². The Kier molecular flexibility index (Phi) is 4.69. The van der Waals surface area contributed by atoms with E-state index < -0.39 is 6.09 Å². The molecule has 0 bridgehead atoms. The van der Waals surface area contributed by atoms with Crippen LogP contribution < -0.4 is 10.1 Å². The maximum atomic E-state index is 11.5. The van der Waals surface area contributed by atoms with E-state index in [1.165, 1.54) is 6.92 Å². The average Bonchev–Trinajstić information content (AvgIpc) is 3.51. The number of aromatic nitrogens is 1. The lowest BCUT2D eigenvalue weighted by atomic mass is 10.0. The van der Waals surface area contributed by atoms with Crippen LogP contribution in [-0.2, 0) is 0 Å². The van der Waals surface area contributed by atoms with Crippen LogP contribution in [0.4, 0.5) is 4.79 Å². The van der Waals surface area contributed by atoms with Gasteiger partial charge in [0, 0.05) is 17.0 Å². The number of carboxylic acid groups (broad SMARTS) is 1. The predicted molar refractivity (Wildman–Crippen MR) is 105 cm³/mol. The van der Waals surface area contributed by atoms with E-state index in [-0.39, 0.29) is 11.8 Å². The second kappa shape index (κ2) is 7.31. The summed E-state index contributed by atoms with van der Waals surface area (Å²) in [6.07, 6.45) is 1.07. The summed E-state index contributed by atoms with van der Waals surface area (Å²) in [5.74, 6) is 1.47. The highest BCUT2D eigenvalue weighted by Gasteiger charge is 2.33. The summed E-state index contributed by atoms with van der Waals surface area (Å²) in [4.78, 5) is 27.0. The van der Waals surface area contributed by atoms with E-state index in [0.29, 0.717) is 23.1 Å². The monoisotopic (exact) mass is 376 g/mol. The zero-order valence-electron chi connectivity index (χ0n) is 15.4. The lowest BCUT2D eigenvalue weighted by Crippen LogP contribution is -2.28. The Morgan fingerprint density at radius 3 is 2.50 bits per heavy atom. The summed E-state index contributed by atoms with van der Waals surface area (Å²) >= 11 is 0. The normalized spacial score (nSPS) is 14.5. The van der Waals surface area contributed by atoms with Crippen molar-refractivity contribution >= 4 is 22.8 Å². The summed E-state index contributed by atoms with van der Waals surface area (Å²) < 4.78 is 5.84. The minimum atomic E-state index is -1.01. The van der Waals surface area contributed by atoms with E-state index in [1.54, 1.807) is 18.2 Å². The van der Waals surface area contributed by atoms with Crippen molar-refractivity contribution in [2.75, 3.05) is 0 Å². The maximum absolute atomic E-state index is 11.5. The van der Waals surface area contributed by atoms with E-state index in [2.05, 4.69) is 10.3 Å². The number of Topliss-reactive ketones (excluding diaryl/α,β-unsaturated/α-hetero) is 1. The van der Waals surface area contributed by atoms with E-state index >= 15 is 0 Å². The molecule has 1 atom stereocenters. The molecule has 0 radical (unpaired) electrons. The number of amides is 1. The van der Waals surface area contributed by atoms with Crippen LogP contribution in [0.3, 0.4) is 0 Å². The molecule has 0 spiro atoms. The molecule has 1 fully saturated rings.